The Bertz CT molecular complexity index is 401. The molecule has 0 saturated carbocycles. The van der Waals surface area contributed by atoms with Gasteiger partial charge in [0.15, 0.2) is 0 Å². The molecule has 1 aromatic rings. The number of rotatable bonds is 2. The molecule has 1 aromatic heterocycles. The molecule has 0 radical (unpaired) electrons. The molecule has 1 heterocycles. The molecule has 0 bridgehead atoms. The molecule has 0 unspecified atom stereocenters. The van der Waals surface area contributed by atoms with Crippen LogP contribution in [0.5, 0.6) is 5.88 Å². The van der Waals surface area contributed by atoms with Crippen LogP contribution in [0.3, 0.4) is 0 Å². The molecule has 1 aliphatic carbocycles. The van der Waals surface area contributed by atoms with E-state index in [1.165, 1.54) is 17.6 Å². The van der Waals surface area contributed by atoms with E-state index in [9.17, 15) is 0 Å². The monoisotopic (exact) mass is 201 g/mol. The van der Waals surface area contributed by atoms with E-state index in [1.807, 2.05) is 18.3 Å². The van der Waals surface area contributed by atoms with Crippen molar-refractivity contribution in [2.75, 3.05) is 7.11 Å². The van der Waals surface area contributed by atoms with Crippen LogP contribution in [-0.2, 0) is 0 Å². The second-order valence-electron chi connectivity index (χ2n) is 3.78. The summed E-state index contributed by atoms with van der Waals surface area (Å²) in [4.78, 5) is 4.21. The molecule has 2 rings (SSSR count). The molecule has 0 spiro atoms. The third-order valence-corrected chi connectivity index (χ3v) is 2.58. The Labute approximate surface area is 90.3 Å². The van der Waals surface area contributed by atoms with Crippen molar-refractivity contribution in [2.24, 2.45) is 0 Å². The molecular weight excluding hydrogens is 186 g/mol. The van der Waals surface area contributed by atoms with E-state index < -0.39 is 0 Å². The van der Waals surface area contributed by atoms with Crippen molar-refractivity contribution >= 4 is 5.57 Å². The smallest absolute Gasteiger partial charge is 0.212 e. The lowest BCUT2D eigenvalue weighted by Crippen LogP contribution is -1.92. The second kappa shape index (κ2) is 4.30. The van der Waals surface area contributed by atoms with E-state index in [0.717, 1.165) is 12.0 Å². The largest absolute Gasteiger partial charge is 0.481 e. The minimum absolute atomic E-state index is 0.663. The van der Waals surface area contributed by atoms with Crippen LogP contribution in [0, 0.1) is 0 Å². The fourth-order valence-corrected chi connectivity index (χ4v) is 1.72. The molecule has 0 saturated heterocycles. The van der Waals surface area contributed by atoms with Gasteiger partial charge in [-0.05, 0) is 37.0 Å². The predicted molar refractivity (Wildman–Crippen MR) is 61.8 cm³/mol. The van der Waals surface area contributed by atoms with Gasteiger partial charge in [-0.3, -0.25) is 0 Å². The first-order valence-electron chi connectivity index (χ1n) is 5.17. The summed E-state index contributed by atoms with van der Waals surface area (Å²) in [5.74, 6) is 0.663. The molecule has 0 fully saturated rings. The van der Waals surface area contributed by atoms with Gasteiger partial charge in [-0.25, -0.2) is 4.98 Å². The fourth-order valence-electron chi connectivity index (χ4n) is 1.72. The number of aromatic nitrogens is 1. The summed E-state index contributed by atoms with van der Waals surface area (Å²) in [5.41, 5.74) is 3.87. The molecule has 0 aromatic carbocycles. The summed E-state index contributed by atoms with van der Waals surface area (Å²) in [6.07, 6.45) is 8.65. The van der Waals surface area contributed by atoms with Crippen molar-refractivity contribution in [3.63, 3.8) is 0 Å². The minimum Gasteiger partial charge on any atom is -0.481 e. The van der Waals surface area contributed by atoms with Gasteiger partial charge in [-0.1, -0.05) is 17.7 Å². The summed E-state index contributed by atoms with van der Waals surface area (Å²) in [6.45, 7) is 2.17. The van der Waals surface area contributed by atoms with Crippen molar-refractivity contribution in [1.29, 1.82) is 0 Å². The van der Waals surface area contributed by atoms with E-state index >= 15 is 0 Å². The molecule has 2 heteroatoms. The molecule has 15 heavy (non-hydrogen) atoms. The van der Waals surface area contributed by atoms with Gasteiger partial charge in [0.2, 0.25) is 5.88 Å². The van der Waals surface area contributed by atoms with E-state index in [2.05, 4.69) is 24.1 Å². The van der Waals surface area contributed by atoms with Crippen LogP contribution in [0.15, 0.2) is 36.1 Å². The van der Waals surface area contributed by atoms with Crippen LogP contribution < -0.4 is 4.74 Å². The zero-order valence-electron chi connectivity index (χ0n) is 9.16. The topological polar surface area (TPSA) is 22.1 Å². The average Bonchev–Trinajstić information content (AvgIpc) is 2.29. The van der Waals surface area contributed by atoms with E-state index in [1.54, 1.807) is 7.11 Å². The molecular formula is C13H15NO. The van der Waals surface area contributed by atoms with Gasteiger partial charge in [0.05, 0.1) is 7.11 Å². The van der Waals surface area contributed by atoms with Crippen molar-refractivity contribution in [3.8, 4) is 5.88 Å². The Morgan fingerprint density at radius 3 is 2.80 bits per heavy atom. The summed E-state index contributed by atoms with van der Waals surface area (Å²) in [5, 5.41) is 0. The van der Waals surface area contributed by atoms with E-state index in [0.29, 0.717) is 5.88 Å². The van der Waals surface area contributed by atoms with Gasteiger partial charge in [0.25, 0.3) is 0 Å². The maximum atomic E-state index is 5.03. The number of methoxy groups -OCH3 is 1. The van der Waals surface area contributed by atoms with Gasteiger partial charge in [-0.15, -0.1) is 0 Å². The first-order chi connectivity index (χ1) is 7.29. The first-order valence-corrected chi connectivity index (χ1v) is 5.17. The number of pyridine rings is 1. The van der Waals surface area contributed by atoms with Crippen molar-refractivity contribution in [2.45, 2.75) is 19.8 Å². The zero-order chi connectivity index (χ0) is 10.7. The van der Waals surface area contributed by atoms with Crippen LogP contribution in [-0.4, -0.2) is 12.1 Å². The quantitative estimate of drug-likeness (QED) is 0.733. The van der Waals surface area contributed by atoms with Crippen molar-refractivity contribution < 1.29 is 4.74 Å². The SMILES string of the molecule is COc1ccc(C2=CCCC(C)=C2)cn1. The van der Waals surface area contributed by atoms with Crippen LogP contribution in [0.2, 0.25) is 0 Å². The van der Waals surface area contributed by atoms with Crippen LogP contribution in [0.25, 0.3) is 5.57 Å². The zero-order valence-corrected chi connectivity index (χ0v) is 9.16. The Morgan fingerprint density at radius 2 is 2.20 bits per heavy atom. The number of ether oxygens (including phenoxy) is 1. The van der Waals surface area contributed by atoms with Gasteiger partial charge in [0, 0.05) is 12.3 Å². The number of nitrogens with zero attached hydrogens (tertiary/aromatic N) is 1. The first kappa shape index (κ1) is 9.97. The number of hydrogen-bond donors (Lipinski definition) is 0. The third kappa shape index (κ3) is 2.27. The normalized spacial score (nSPS) is 15.6. The highest BCUT2D eigenvalue weighted by molar-refractivity contribution is 5.75. The average molecular weight is 201 g/mol. The molecule has 78 valence electrons. The molecule has 0 amide bonds. The predicted octanol–water partition coefficient (Wildman–Crippen LogP) is 3.21. The highest BCUT2D eigenvalue weighted by Crippen LogP contribution is 2.25. The molecule has 0 atom stereocenters. The number of allylic oxidation sites excluding steroid dienone is 4. The lowest BCUT2D eigenvalue weighted by Gasteiger charge is -2.10. The summed E-state index contributed by atoms with van der Waals surface area (Å²) < 4.78 is 5.03. The minimum atomic E-state index is 0.663. The Morgan fingerprint density at radius 1 is 1.33 bits per heavy atom. The van der Waals surface area contributed by atoms with E-state index in [-0.39, 0.29) is 0 Å². The van der Waals surface area contributed by atoms with Crippen LogP contribution in [0.4, 0.5) is 0 Å². The summed E-state index contributed by atoms with van der Waals surface area (Å²) >= 11 is 0. The highest BCUT2D eigenvalue weighted by Gasteiger charge is 2.04. The van der Waals surface area contributed by atoms with Gasteiger partial charge >= 0.3 is 0 Å². The van der Waals surface area contributed by atoms with Crippen molar-refractivity contribution in [1.82, 2.24) is 4.98 Å². The van der Waals surface area contributed by atoms with Crippen molar-refractivity contribution in [3.05, 3.63) is 41.6 Å². The second-order valence-corrected chi connectivity index (χ2v) is 3.78. The molecule has 1 aliphatic rings. The van der Waals surface area contributed by atoms with Gasteiger partial charge in [0.1, 0.15) is 0 Å². The lowest BCUT2D eigenvalue weighted by molar-refractivity contribution is 0.398. The van der Waals surface area contributed by atoms with Crippen LogP contribution >= 0.6 is 0 Å². The standard InChI is InChI=1S/C13H15NO/c1-10-4-3-5-11(8-10)12-6-7-13(15-2)14-9-12/h5-9H,3-4H2,1-2H3. The summed E-state index contributed by atoms with van der Waals surface area (Å²) in [6, 6.07) is 3.95. The molecule has 0 N–H and O–H groups in total. The van der Waals surface area contributed by atoms with E-state index in [4.69, 9.17) is 4.74 Å². The highest BCUT2D eigenvalue weighted by atomic mass is 16.5. The Balaban J connectivity index is 2.26. The Kier molecular flexibility index (Phi) is 2.86. The lowest BCUT2D eigenvalue weighted by atomic mass is 9.96. The summed E-state index contributed by atoms with van der Waals surface area (Å²) in [7, 11) is 1.63. The number of hydrogen-bond acceptors (Lipinski definition) is 2. The Hall–Kier alpha value is -1.57. The van der Waals surface area contributed by atoms with Gasteiger partial charge < -0.3 is 4.74 Å². The third-order valence-electron chi connectivity index (χ3n) is 2.58. The molecule has 2 nitrogen and oxygen atoms in total. The maximum absolute atomic E-state index is 5.03. The molecule has 0 aliphatic heterocycles. The maximum Gasteiger partial charge on any atom is 0.212 e. The fraction of sp³-hybridized carbons (Fsp3) is 0.308. The van der Waals surface area contributed by atoms with Gasteiger partial charge in [-0.2, -0.15) is 0 Å². The van der Waals surface area contributed by atoms with Crippen LogP contribution in [0.1, 0.15) is 25.3 Å².